The van der Waals surface area contributed by atoms with Crippen LogP contribution < -0.4 is 0 Å². The lowest BCUT2D eigenvalue weighted by Gasteiger charge is -2.02. The van der Waals surface area contributed by atoms with Crippen LogP contribution >= 0.6 is 0 Å². The van der Waals surface area contributed by atoms with Crippen LogP contribution in [-0.4, -0.2) is 22.9 Å². The second-order valence-corrected chi connectivity index (χ2v) is 2.31. The lowest BCUT2D eigenvalue weighted by atomic mass is 10.1. The molecule has 0 aliphatic carbocycles. The van der Waals surface area contributed by atoms with Gasteiger partial charge in [-0.15, -0.1) is 0 Å². The van der Waals surface area contributed by atoms with Crippen LogP contribution in [0.4, 0.5) is 0 Å². The molecule has 2 heteroatoms. The molecule has 2 nitrogen and oxygen atoms in total. The molecule has 60 valence electrons. The van der Waals surface area contributed by atoms with E-state index in [1.165, 1.54) is 0 Å². The zero-order valence-electron chi connectivity index (χ0n) is 6.45. The van der Waals surface area contributed by atoms with Gasteiger partial charge in [-0.25, -0.2) is 0 Å². The van der Waals surface area contributed by atoms with Gasteiger partial charge in [-0.1, -0.05) is 12.2 Å². The lowest BCUT2D eigenvalue weighted by Crippen LogP contribution is -2.01. The topological polar surface area (TPSA) is 40.5 Å². The molecule has 1 atom stereocenters. The number of aliphatic hydroxyl groups excluding tert-OH is 2. The van der Waals surface area contributed by atoms with Gasteiger partial charge < -0.3 is 10.2 Å². The Hall–Kier alpha value is -0.340. The van der Waals surface area contributed by atoms with Gasteiger partial charge in [0.2, 0.25) is 0 Å². The Morgan fingerprint density at radius 3 is 2.60 bits per heavy atom. The average molecular weight is 144 g/mol. The van der Waals surface area contributed by atoms with Crippen molar-refractivity contribution >= 4 is 0 Å². The molecule has 0 saturated carbocycles. The third-order valence-electron chi connectivity index (χ3n) is 1.32. The normalized spacial score (nSPS) is 14.3. The van der Waals surface area contributed by atoms with Crippen LogP contribution in [0.5, 0.6) is 0 Å². The first kappa shape index (κ1) is 9.66. The number of aliphatic hydroxyl groups is 2. The van der Waals surface area contributed by atoms with Crippen LogP contribution in [0.2, 0.25) is 0 Å². The van der Waals surface area contributed by atoms with Crippen LogP contribution in [0, 0.1) is 0 Å². The third-order valence-corrected chi connectivity index (χ3v) is 1.32. The van der Waals surface area contributed by atoms with E-state index in [1.807, 2.05) is 13.0 Å². The van der Waals surface area contributed by atoms with Gasteiger partial charge in [-0.2, -0.15) is 0 Å². The minimum absolute atomic E-state index is 0.225. The van der Waals surface area contributed by atoms with Crippen LogP contribution in [0.15, 0.2) is 12.2 Å². The summed E-state index contributed by atoms with van der Waals surface area (Å²) in [5, 5.41) is 17.5. The molecule has 0 aromatic rings. The standard InChI is InChI=1S/C8H16O2/c1-2-5-8(10)6-3-4-7-9/h2,5,8-10H,3-4,6-7H2,1H3. The summed E-state index contributed by atoms with van der Waals surface area (Å²) in [5.41, 5.74) is 0. The molecular weight excluding hydrogens is 128 g/mol. The van der Waals surface area contributed by atoms with Crippen LogP contribution in [0.25, 0.3) is 0 Å². The average Bonchev–Trinajstić information content (AvgIpc) is 1.89. The zero-order chi connectivity index (χ0) is 7.82. The van der Waals surface area contributed by atoms with E-state index >= 15 is 0 Å². The van der Waals surface area contributed by atoms with Crippen LogP contribution in [0.3, 0.4) is 0 Å². The van der Waals surface area contributed by atoms with Gasteiger partial charge in [0.15, 0.2) is 0 Å². The Kier molecular flexibility index (Phi) is 6.55. The smallest absolute Gasteiger partial charge is 0.0720 e. The van der Waals surface area contributed by atoms with E-state index in [0.29, 0.717) is 0 Å². The fourth-order valence-electron chi connectivity index (χ4n) is 0.784. The molecule has 0 spiro atoms. The Balaban J connectivity index is 3.13. The van der Waals surface area contributed by atoms with E-state index in [-0.39, 0.29) is 12.7 Å². The molecule has 0 heterocycles. The zero-order valence-corrected chi connectivity index (χ0v) is 6.45. The SMILES string of the molecule is CC=CC(O)CCCCO. The molecule has 0 radical (unpaired) electrons. The largest absolute Gasteiger partial charge is 0.396 e. The van der Waals surface area contributed by atoms with Gasteiger partial charge in [0.05, 0.1) is 6.10 Å². The lowest BCUT2D eigenvalue weighted by molar-refractivity contribution is 0.201. The van der Waals surface area contributed by atoms with Gasteiger partial charge in [-0.3, -0.25) is 0 Å². The summed E-state index contributed by atoms with van der Waals surface area (Å²) in [6.45, 7) is 2.11. The molecule has 0 aliphatic rings. The van der Waals surface area contributed by atoms with Gasteiger partial charge in [0.1, 0.15) is 0 Å². The summed E-state index contributed by atoms with van der Waals surface area (Å²) >= 11 is 0. The maximum atomic E-state index is 9.11. The summed E-state index contributed by atoms with van der Waals surface area (Å²) in [7, 11) is 0. The predicted molar refractivity (Wildman–Crippen MR) is 41.8 cm³/mol. The molecule has 0 fully saturated rings. The predicted octanol–water partition coefficient (Wildman–Crippen LogP) is 1.09. The molecule has 0 bridgehead atoms. The van der Waals surface area contributed by atoms with Crippen molar-refractivity contribution in [2.75, 3.05) is 6.61 Å². The highest BCUT2D eigenvalue weighted by Crippen LogP contribution is 2.00. The minimum Gasteiger partial charge on any atom is -0.396 e. The second kappa shape index (κ2) is 6.78. The van der Waals surface area contributed by atoms with Crippen LogP contribution in [0.1, 0.15) is 26.2 Å². The Morgan fingerprint density at radius 1 is 1.40 bits per heavy atom. The van der Waals surface area contributed by atoms with Gasteiger partial charge >= 0.3 is 0 Å². The first-order valence-electron chi connectivity index (χ1n) is 3.73. The molecular formula is C8H16O2. The molecule has 0 aliphatic heterocycles. The first-order valence-corrected chi connectivity index (χ1v) is 3.73. The number of unbranched alkanes of at least 4 members (excludes halogenated alkanes) is 1. The van der Waals surface area contributed by atoms with E-state index in [2.05, 4.69) is 0 Å². The number of rotatable bonds is 5. The minimum atomic E-state index is -0.323. The molecule has 2 N–H and O–H groups in total. The quantitative estimate of drug-likeness (QED) is 0.448. The van der Waals surface area contributed by atoms with Crippen molar-refractivity contribution in [3.8, 4) is 0 Å². The molecule has 10 heavy (non-hydrogen) atoms. The van der Waals surface area contributed by atoms with Crippen molar-refractivity contribution < 1.29 is 10.2 Å². The maximum Gasteiger partial charge on any atom is 0.0720 e. The molecule has 0 saturated heterocycles. The highest BCUT2D eigenvalue weighted by Gasteiger charge is 1.96. The van der Waals surface area contributed by atoms with E-state index in [9.17, 15) is 0 Å². The number of hydrogen-bond acceptors (Lipinski definition) is 2. The highest BCUT2D eigenvalue weighted by atomic mass is 16.3. The third kappa shape index (κ3) is 5.79. The van der Waals surface area contributed by atoms with E-state index < -0.39 is 0 Å². The van der Waals surface area contributed by atoms with Crippen molar-refractivity contribution in [2.45, 2.75) is 32.3 Å². The summed E-state index contributed by atoms with van der Waals surface area (Å²) in [4.78, 5) is 0. The number of hydrogen-bond donors (Lipinski definition) is 2. The van der Waals surface area contributed by atoms with Gasteiger partial charge in [0.25, 0.3) is 0 Å². The van der Waals surface area contributed by atoms with E-state index in [1.54, 1.807) is 6.08 Å². The summed E-state index contributed by atoms with van der Waals surface area (Å²) in [6.07, 6.45) is 5.71. The summed E-state index contributed by atoms with van der Waals surface area (Å²) in [5.74, 6) is 0. The van der Waals surface area contributed by atoms with Gasteiger partial charge in [-0.05, 0) is 26.2 Å². The Labute approximate surface area is 62.2 Å². The molecule has 0 amide bonds. The number of allylic oxidation sites excluding steroid dienone is 1. The second-order valence-electron chi connectivity index (χ2n) is 2.31. The molecule has 0 aromatic carbocycles. The highest BCUT2D eigenvalue weighted by molar-refractivity contribution is 4.84. The monoisotopic (exact) mass is 144 g/mol. The molecule has 0 aromatic heterocycles. The maximum absolute atomic E-state index is 9.11. The van der Waals surface area contributed by atoms with Crippen molar-refractivity contribution in [1.29, 1.82) is 0 Å². The summed E-state index contributed by atoms with van der Waals surface area (Å²) < 4.78 is 0. The van der Waals surface area contributed by atoms with E-state index in [0.717, 1.165) is 19.3 Å². The van der Waals surface area contributed by atoms with Crippen LogP contribution in [-0.2, 0) is 0 Å². The van der Waals surface area contributed by atoms with E-state index in [4.69, 9.17) is 10.2 Å². The van der Waals surface area contributed by atoms with Crippen molar-refractivity contribution in [3.63, 3.8) is 0 Å². The summed E-state index contributed by atoms with van der Waals surface area (Å²) in [6, 6.07) is 0. The first-order chi connectivity index (χ1) is 4.81. The fourth-order valence-corrected chi connectivity index (χ4v) is 0.784. The Bertz CT molecular complexity index is 89.3. The van der Waals surface area contributed by atoms with Crippen molar-refractivity contribution in [2.24, 2.45) is 0 Å². The van der Waals surface area contributed by atoms with Crippen molar-refractivity contribution in [3.05, 3.63) is 12.2 Å². The molecule has 0 rings (SSSR count). The Morgan fingerprint density at radius 2 is 2.10 bits per heavy atom. The molecule has 1 unspecified atom stereocenters. The van der Waals surface area contributed by atoms with Gasteiger partial charge in [0, 0.05) is 6.61 Å². The van der Waals surface area contributed by atoms with Crippen molar-refractivity contribution in [1.82, 2.24) is 0 Å². The fraction of sp³-hybridized carbons (Fsp3) is 0.750.